The maximum Gasteiger partial charge on any atom is 0.240 e. The van der Waals surface area contributed by atoms with E-state index >= 15 is 0 Å². The quantitative estimate of drug-likeness (QED) is 0.869. The van der Waals surface area contributed by atoms with Crippen LogP contribution in [-0.4, -0.2) is 30.3 Å². The Kier molecular flexibility index (Phi) is 7.08. The third kappa shape index (κ3) is 5.65. The summed E-state index contributed by atoms with van der Waals surface area (Å²) in [7, 11) is 0. The van der Waals surface area contributed by atoms with E-state index in [1.54, 1.807) is 0 Å². The summed E-state index contributed by atoms with van der Waals surface area (Å²) in [5.74, 6) is 0.680. The van der Waals surface area contributed by atoms with Crippen LogP contribution in [0.4, 0.5) is 0 Å². The zero-order chi connectivity index (χ0) is 17.1. The molecule has 0 aromatic heterocycles. The van der Waals surface area contributed by atoms with Gasteiger partial charge < -0.3 is 20.5 Å². The Bertz CT molecular complexity index is 564. The monoisotopic (exact) mass is 356 g/mol. The van der Waals surface area contributed by atoms with Crippen LogP contribution in [0.1, 0.15) is 44.7 Å². The molecule has 0 saturated carbocycles. The Balaban J connectivity index is 0.00000288. The molecule has 2 rings (SSSR count). The van der Waals surface area contributed by atoms with E-state index < -0.39 is 5.54 Å². The van der Waals surface area contributed by atoms with Crippen molar-refractivity contribution in [1.82, 2.24) is 5.32 Å². The number of carbonyl (C=O) groups is 1. The average molecular weight is 357 g/mol. The molecule has 0 spiro atoms. The second kappa shape index (κ2) is 8.19. The lowest BCUT2D eigenvalue weighted by atomic mass is 9.90. The topological polar surface area (TPSA) is 73.6 Å². The van der Waals surface area contributed by atoms with Crippen molar-refractivity contribution in [3.8, 4) is 5.75 Å². The Morgan fingerprint density at radius 2 is 1.96 bits per heavy atom. The molecule has 1 heterocycles. The van der Waals surface area contributed by atoms with Gasteiger partial charge in [-0.3, -0.25) is 4.79 Å². The van der Waals surface area contributed by atoms with Crippen LogP contribution in [0.3, 0.4) is 0 Å². The number of ether oxygens (including phenoxy) is 2. The van der Waals surface area contributed by atoms with Crippen molar-refractivity contribution in [1.29, 1.82) is 0 Å². The summed E-state index contributed by atoms with van der Waals surface area (Å²) < 4.78 is 11.3. The highest BCUT2D eigenvalue weighted by Crippen LogP contribution is 2.25. The van der Waals surface area contributed by atoms with Crippen LogP contribution in [0, 0.1) is 6.92 Å². The summed E-state index contributed by atoms with van der Waals surface area (Å²) in [5.41, 5.74) is 7.17. The van der Waals surface area contributed by atoms with Crippen molar-refractivity contribution in [2.75, 3.05) is 13.2 Å². The van der Waals surface area contributed by atoms with E-state index in [1.807, 2.05) is 45.9 Å². The predicted molar refractivity (Wildman–Crippen MR) is 97.6 cm³/mol. The van der Waals surface area contributed by atoms with Gasteiger partial charge in [0.05, 0.1) is 5.54 Å². The number of aryl methyl sites for hydroxylation is 1. The first-order chi connectivity index (χ1) is 10.7. The van der Waals surface area contributed by atoms with Gasteiger partial charge in [-0.1, -0.05) is 12.1 Å². The van der Waals surface area contributed by atoms with Gasteiger partial charge in [0.15, 0.2) is 0 Å². The molecule has 24 heavy (non-hydrogen) atoms. The van der Waals surface area contributed by atoms with E-state index in [4.69, 9.17) is 15.2 Å². The number of amides is 1. The van der Waals surface area contributed by atoms with Gasteiger partial charge in [0.2, 0.25) is 5.91 Å². The first-order valence-electron chi connectivity index (χ1n) is 8.13. The molecule has 1 aliphatic rings. The molecular formula is C18H29ClN2O3. The second-order valence-corrected chi connectivity index (χ2v) is 7.28. The number of benzene rings is 1. The van der Waals surface area contributed by atoms with Crippen molar-refractivity contribution in [3.63, 3.8) is 0 Å². The van der Waals surface area contributed by atoms with E-state index in [0.717, 1.165) is 16.9 Å². The van der Waals surface area contributed by atoms with Crippen molar-refractivity contribution >= 4 is 18.3 Å². The van der Waals surface area contributed by atoms with Gasteiger partial charge in [0.25, 0.3) is 0 Å². The molecule has 0 radical (unpaired) electrons. The SMILES string of the molecule is Cc1ccc(CNC(=O)C2(N)CCOCC2)c(OC(C)(C)C)c1.Cl. The van der Waals surface area contributed by atoms with Crippen molar-refractivity contribution in [3.05, 3.63) is 29.3 Å². The normalized spacial score (nSPS) is 16.9. The molecule has 0 atom stereocenters. The summed E-state index contributed by atoms with van der Waals surface area (Å²) in [6.45, 7) is 9.52. The summed E-state index contributed by atoms with van der Waals surface area (Å²) in [5, 5.41) is 2.96. The fourth-order valence-electron chi connectivity index (χ4n) is 2.55. The van der Waals surface area contributed by atoms with Gasteiger partial charge >= 0.3 is 0 Å². The Labute approximate surface area is 150 Å². The minimum absolute atomic E-state index is 0. The molecule has 0 bridgehead atoms. The number of halogens is 1. The number of carbonyl (C=O) groups excluding carboxylic acids is 1. The van der Waals surface area contributed by atoms with Crippen LogP contribution in [0.5, 0.6) is 5.75 Å². The lowest BCUT2D eigenvalue weighted by Gasteiger charge is -2.32. The van der Waals surface area contributed by atoms with Crippen LogP contribution in [0.25, 0.3) is 0 Å². The van der Waals surface area contributed by atoms with Gasteiger partial charge in [-0.2, -0.15) is 0 Å². The minimum Gasteiger partial charge on any atom is -0.488 e. The zero-order valence-electron chi connectivity index (χ0n) is 15.0. The lowest BCUT2D eigenvalue weighted by Crippen LogP contribution is -2.56. The average Bonchev–Trinajstić information content (AvgIpc) is 2.45. The Morgan fingerprint density at radius 1 is 1.33 bits per heavy atom. The first-order valence-corrected chi connectivity index (χ1v) is 8.13. The van der Waals surface area contributed by atoms with Gasteiger partial charge in [-0.15, -0.1) is 12.4 Å². The molecule has 5 nitrogen and oxygen atoms in total. The van der Waals surface area contributed by atoms with Crippen molar-refractivity contribution in [2.24, 2.45) is 5.73 Å². The molecule has 1 saturated heterocycles. The van der Waals surface area contributed by atoms with Crippen LogP contribution in [-0.2, 0) is 16.1 Å². The number of nitrogens with one attached hydrogen (secondary N) is 1. The van der Waals surface area contributed by atoms with E-state index in [1.165, 1.54) is 0 Å². The molecule has 1 aromatic rings. The fourth-order valence-corrected chi connectivity index (χ4v) is 2.55. The number of hydrogen-bond acceptors (Lipinski definition) is 4. The maximum absolute atomic E-state index is 12.4. The molecule has 136 valence electrons. The summed E-state index contributed by atoms with van der Waals surface area (Å²) in [6, 6.07) is 6.01. The third-order valence-corrected chi connectivity index (χ3v) is 3.92. The van der Waals surface area contributed by atoms with Crippen LogP contribution in [0.15, 0.2) is 18.2 Å². The maximum atomic E-state index is 12.4. The number of hydrogen-bond donors (Lipinski definition) is 2. The van der Waals surface area contributed by atoms with Gasteiger partial charge in [-0.25, -0.2) is 0 Å². The predicted octanol–water partition coefficient (Wildman–Crippen LogP) is 2.72. The summed E-state index contributed by atoms with van der Waals surface area (Å²) in [4.78, 5) is 12.4. The van der Waals surface area contributed by atoms with Crippen molar-refractivity contribution < 1.29 is 14.3 Å². The number of nitrogens with two attached hydrogens (primary N) is 1. The Morgan fingerprint density at radius 3 is 2.54 bits per heavy atom. The standard InChI is InChI=1S/C18H28N2O3.ClH/c1-13-5-6-14(15(11-13)23-17(2,3)4)12-20-16(21)18(19)7-9-22-10-8-18;/h5-6,11H,7-10,12,19H2,1-4H3,(H,20,21);1H. The molecule has 1 aromatic carbocycles. The molecule has 1 fully saturated rings. The minimum atomic E-state index is -0.825. The van der Waals surface area contributed by atoms with Gasteiger partial charge in [0, 0.05) is 25.3 Å². The highest BCUT2D eigenvalue weighted by molar-refractivity contribution is 5.86. The first kappa shape index (κ1) is 20.7. The molecule has 1 amide bonds. The summed E-state index contributed by atoms with van der Waals surface area (Å²) >= 11 is 0. The highest BCUT2D eigenvalue weighted by atomic mass is 35.5. The number of rotatable bonds is 4. The molecular weight excluding hydrogens is 328 g/mol. The van der Waals surface area contributed by atoms with E-state index in [9.17, 15) is 4.79 Å². The molecule has 0 unspecified atom stereocenters. The largest absolute Gasteiger partial charge is 0.488 e. The molecule has 0 aliphatic carbocycles. The molecule has 6 heteroatoms. The smallest absolute Gasteiger partial charge is 0.240 e. The molecule has 3 N–H and O–H groups in total. The van der Waals surface area contributed by atoms with Gasteiger partial charge in [0.1, 0.15) is 11.4 Å². The van der Waals surface area contributed by atoms with E-state index in [2.05, 4.69) is 5.32 Å². The second-order valence-electron chi connectivity index (χ2n) is 7.28. The fraction of sp³-hybridized carbons (Fsp3) is 0.611. The van der Waals surface area contributed by atoms with E-state index in [-0.39, 0.29) is 23.9 Å². The highest BCUT2D eigenvalue weighted by Gasteiger charge is 2.35. The third-order valence-electron chi connectivity index (χ3n) is 3.92. The molecule has 1 aliphatic heterocycles. The summed E-state index contributed by atoms with van der Waals surface area (Å²) in [6.07, 6.45) is 1.11. The Hall–Kier alpha value is -1.30. The van der Waals surface area contributed by atoms with Crippen LogP contribution in [0.2, 0.25) is 0 Å². The van der Waals surface area contributed by atoms with Crippen LogP contribution >= 0.6 is 12.4 Å². The van der Waals surface area contributed by atoms with Crippen molar-refractivity contribution in [2.45, 2.75) is 58.2 Å². The van der Waals surface area contributed by atoms with Gasteiger partial charge in [-0.05, 0) is 52.2 Å². The van der Waals surface area contributed by atoms with Crippen LogP contribution < -0.4 is 15.8 Å². The lowest BCUT2D eigenvalue weighted by molar-refractivity contribution is -0.129. The zero-order valence-corrected chi connectivity index (χ0v) is 15.8. The van der Waals surface area contributed by atoms with E-state index in [0.29, 0.717) is 32.6 Å².